The SMILES string of the molecule is CN(c1ccncc1)c1ccc(C(=O)N2CCN(C(=O)NC3CCCCC3)CC2)cc1. The second-order valence-corrected chi connectivity index (χ2v) is 8.37. The first-order valence-electron chi connectivity index (χ1n) is 11.2. The van der Waals surface area contributed by atoms with E-state index in [9.17, 15) is 9.59 Å². The van der Waals surface area contributed by atoms with Gasteiger partial charge in [0.1, 0.15) is 0 Å². The number of anilines is 2. The number of urea groups is 1. The molecular formula is C24H31N5O2. The van der Waals surface area contributed by atoms with E-state index in [1.54, 1.807) is 12.4 Å². The van der Waals surface area contributed by atoms with Crippen LogP contribution in [0.5, 0.6) is 0 Å². The largest absolute Gasteiger partial charge is 0.345 e. The average molecular weight is 422 g/mol. The summed E-state index contributed by atoms with van der Waals surface area (Å²) in [6.45, 7) is 2.28. The van der Waals surface area contributed by atoms with Crippen LogP contribution in [0.2, 0.25) is 0 Å². The van der Waals surface area contributed by atoms with Crippen LogP contribution in [0.3, 0.4) is 0 Å². The molecule has 7 nitrogen and oxygen atoms in total. The summed E-state index contributed by atoms with van der Waals surface area (Å²) in [7, 11) is 1.99. The van der Waals surface area contributed by atoms with Crippen LogP contribution >= 0.6 is 0 Å². The predicted octanol–water partition coefficient (Wildman–Crippen LogP) is 3.65. The Hall–Kier alpha value is -3.09. The Morgan fingerprint density at radius 3 is 2.10 bits per heavy atom. The molecule has 164 valence electrons. The zero-order valence-electron chi connectivity index (χ0n) is 18.2. The van der Waals surface area contributed by atoms with E-state index in [-0.39, 0.29) is 11.9 Å². The minimum Gasteiger partial charge on any atom is -0.345 e. The highest BCUT2D eigenvalue weighted by Crippen LogP contribution is 2.23. The molecule has 0 radical (unpaired) electrons. The summed E-state index contributed by atoms with van der Waals surface area (Å²) in [6, 6.07) is 11.9. The molecule has 7 heteroatoms. The van der Waals surface area contributed by atoms with Gasteiger partial charge in [-0.15, -0.1) is 0 Å². The summed E-state index contributed by atoms with van der Waals surface area (Å²) in [5.74, 6) is 0.0189. The molecule has 2 heterocycles. The van der Waals surface area contributed by atoms with Crippen molar-refractivity contribution in [1.29, 1.82) is 0 Å². The quantitative estimate of drug-likeness (QED) is 0.818. The summed E-state index contributed by atoms with van der Waals surface area (Å²) in [6.07, 6.45) is 9.35. The first-order chi connectivity index (χ1) is 15.1. The third-order valence-electron chi connectivity index (χ3n) is 6.34. The first-order valence-corrected chi connectivity index (χ1v) is 11.2. The maximum absolute atomic E-state index is 12.9. The Morgan fingerprint density at radius 1 is 0.871 bits per heavy atom. The molecule has 1 aromatic carbocycles. The van der Waals surface area contributed by atoms with E-state index < -0.39 is 0 Å². The normalized spacial score (nSPS) is 17.3. The second-order valence-electron chi connectivity index (χ2n) is 8.37. The van der Waals surface area contributed by atoms with E-state index in [0.717, 1.165) is 24.2 Å². The molecule has 0 atom stereocenters. The summed E-state index contributed by atoms with van der Waals surface area (Å²) in [4.78, 5) is 35.2. The fourth-order valence-electron chi connectivity index (χ4n) is 4.35. The van der Waals surface area contributed by atoms with Crippen molar-refractivity contribution in [3.8, 4) is 0 Å². The number of nitrogens with zero attached hydrogens (tertiary/aromatic N) is 4. The Balaban J connectivity index is 1.29. The van der Waals surface area contributed by atoms with E-state index >= 15 is 0 Å². The molecule has 2 fully saturated rings. The monoisotopic (exact) mass is 421 g/mol. The standard InChI is InChI=1S/C24H31N5O2/c1-27(22-11-13-25-14-12-22)21-9-7-19(8-10-21)23(30)28-15-17-29(18-16-28)24(31)26-20-5-3-2-4-6-20/h7-14,20H,2-6,15-18H2,1H3,(H,26,31). The molecule has 2 aliphatic rings. The summed E-state index contributed by atoms with van der Waals surface area (Å²) in [5, 5.41) is 3.17. The average Bonchev–Trinajstić information content (AvgIpc) is 2.84. The molecule has 0 bridgehead atoms. The summed E-state index contributed by atoms with van der Waals surface area (Å²) >= 11 is 0. The molecular weight excluding hydrogens is 390 g/mol. The molecule has 3 amide bonds. The van der Waals surface area contributed by atoms with Crippen molar-refractivity contribution in [3.63, 3.8) is 0 Å². The van der Waals surface area contributed by atoms with Gasteiger partial charge in [0.05, 0.1) is 0 Å². The van der Waals surface area contributed by atoms with Crippen LogP contribution in [0.15, 0.2) is 48.8 Å². The highest BCUT2D eigenvalue weighted by Gasteiger charge is 2.26. The molecule has 0 spiro atoms. The van der Waals surface area contributed by atoms with Gasteiger partial charge in [-0.2, -0.15) is 0 Å². The van der Waals surface area contributed by atoms with Gasteiger partial charge < -0.3 is 20.0 Å². The maximum Gasteiger partial charge on any atom is 0.317 e. The highest BCUT2D eigenvalue weighted by atomic mass is 16.2. The van der Waals surface area contributed by atoms with Crippen molar-refractivity contribution in [3.05, 3.63) is 54.4 Å². The Bertz CT molecular complexity index is 873. The number of aromatic nitrogens is 1. The molecule has 1 saturated carbocycles. The van der Waals surface area contributed by atoms with Crippen LogP contribution in [-0.2, 0) is 0 Å². The van der Waals surface area contributed by atoms with Crippen molar-refractivity contribution in [2.45, 2.75) is 38.1 Å². The number of hydrogen-bond acceptors (Lipinski definition) is 4. The van der Waals surface area contributed by atoms with Crippen molar-refractivity contribution in [1.82, 2.24) is 20.1 Å². The van der Waals surface area contributed by atoms with Gasteiger partial charge in [0.15, 0.2) is 0 Å². The lowest BCUT2D eigenvalue weighted by Gasteiger charge is -2.36. The van der Waals surface area contributed by atoms with Gasteiger partial charge in [0.2, 0.25) is 0 Å². The van der Waals surface area contributed by atoms with Gasteiger partial charge in [-0.25, -0.2) is 4.79 Å². The second kappa shape index (κ2) is 9.81. The van der Waals surface area contributed by atoms with Gasteiger partial charge in [-0.05, 0) is 49.2 Å². The van der Waals surface area contributed by atoms with Crippen molar-refractivity contribution >= 4 is 23.3 Å². The number of nitrogens with one attached hydrogen (secondary N) is 1. The lowest BCUT2D eigenvalue weighted by atomic mass is 9.96. The summed E-state index contributed by atoms with van der Waals surface area (Å²) < 4.78 is 0. The van der Waals surface area contributed by atoms with Gasteiger partial charge in [-0.3, -0.25) is 9.78 Å². The number of piperazine rings is 1. The number of carbonyl (C=O) groups excluding carboxylic acids is 2. The van der Waals surface area contributed by atoms with E-state index in [4.69, 9.17) is 0 Å². The van der Waals surface area contributed by atoms with Crippen LogP contribution in [0.4, 0.5) is 16.2 Å². The zero-order valence-corrected chi connectivity index (χ0v) is 18.2. The van der Waals surface area contributed by atoms with Gasteiger partial charge in [0, 0.05) is 68.6 Å². The maximum atomic E-state index is 12.9. The molecule has 2 aromatic rings. The molecule has 4 rings (SSSR count). The molecule has 1 N–H and O–H groups in total. The first kappa shape index (κ1) is 21.2. The van der Waals surface area contributed by atoms with Crippen molar-refractivity contribution in [2.24, 2.45) is 0 Å². The zero-order chi connectivity index (χ0) is 21.6. The number of hydrogen-bond donors (Lipinski definition) is 1. The van der Waals surface area contributed by atoms with Crippen molar-refractivity contribution < 1.29 is 9.59 Å². The van der Waals surface area contributed by atoms with Gasteiger partial charge in [-0.1, -0.05) is 19.3 Å². The fourth-order valence-corrected chi connectivity index (χ4v) is 4.35. The number of carbonyl (C=O) groups is 2. The molecule has 1 aliphatic carbocycles. The lowest BCUT2D eigenvalue weighted by Crippen LogP contribution is -2.54. The van der Waals surface area contributed by atoms with E-state index in [0.29, 0.717) is 37.8 Å². The van der Waals surface area contributed by atoms with Crippen LogP contribution < -0.4 is 10.2 Å². The lowest BCUT2D eigenvalue weighted by molar-refractivity contribution is 0.0662. The Morgan fingerprint density at radius 2 is 1.45 bits per heavy atom. The molecule has 1 aromatic heterocycles. The number of pyridine rings is 1. The van der Waals surface area contributed by atoms with E-state index in [1.807, 2.05) is 53.2 Å². The fraction of sp³-hybridized carbons (Fsp3) is 0.458. The third kappa shape index (κ3) is 5.16. The number of rotatable bonds is 4. The van der Waals surface area contributed by atoms with Crippen LogP contribution in [-0.4, -0.2) is 66.0 Å². The number of amides is 3. The van der Waals surface area contributed by atoms with Crippen LogP contribution in [0, 0.1) is 0 Å². The molecule has 1 saturated heterocycles. The molecule has 1 aliphatic heterocycles. The minimum absolute atomic E-state index is 0.0162. The summed E-state index contributed by atoms with van der Waals surface area (Å²) in [5.41, 5.74) is 2.72. The minimum atomic E-state index is 0.0162. The topological polar surface area (TPSA) is 68.8 Å². The third-order valence-corrected chi connectivity index (χ3v) is 6.34. The smallest absolute Gasteiger partial charge is 0.317 e. The van der Waals surface area contributed by atoms with Gasteiger partial charge >= 0.3 is 6.03 Å². The van der Waals surface area contributed by atoms with E-state index in [2.05, 4.69) is 15.2 Å². The number of benzene rings is 1. The van der Waals surface area contributed by atoms with Crippen molar-refractivity contribution in [2.75, 3.05) is 38.1 Å². The molecule has 31 heavy (non-hydrogen) atoms. The van der Waals surface area contributed by atoms with Gasteiger partial charge in [0.25, 0.3) is 5.91 Å². The van der Waals surface area contributed by atoms with Crippen LogP contribution in [0.25, 0.3) is 0 Å². The highest BCUT2D eigenvalue weighted by molar-refractivity contribution is 5.95. The van der Waals surface area contributed by atoms with E-state index in [1.165, 1.54) is 19.3 Å². The molecule has 0 unspecified atom stereocenters. The predicted molar refractivity (Wildman–Crippen MR) is 122 cm³/mol. The Kier molecular flexibility index (Phi) is 6.70. The Labute approximate surface area is 184 Å². The van der Waals surface area contributed by atoms with Crippen LogP contribution in [0.1, 0.15) is 42.5 Å².